The predicted octanol–water partition coefficient (Wildman–Crippen LogP) is 25.7. The predicted molar refractivity (Wildman–Crippen MR) is 400 cm³/mol. The van der Waals surface area contributed by atoms with Crippen molar-refractivity contribution in [3.63, 3.8) is 0 Å². The average molecular weight is 1300 g/mol. The number of hydrogen-bond donors (Lipinski definition) is 2. The number of benzene rings is 6. The number of rotatable bonds is 28. The van der Waals surface area contributed by atoms with Gasteiger partial charge in [-0.2, -0.15) is 0 Å². The molecule has 6 rings (SSSR count). The molecule has 0 atom stereocenters. The molecule has 0 aromatic heterocycles. The van der Waals surface area contributed by atoms with Gasteiger partial charge in [-0.15, -0.1) is 0 Å². The van der Waals surface area contributed by atoms with Crippen molar-refractivity contribution in [3.8, 4) is 67.5 Å². The molecule has 500 valence electrons. The zero-order valence-corrected chi connectivity index (χ0v) is 64.4. The molecule has 0 aliphatic rings. The summed E-state index contributed by atoms with van der Waals surface area (Å²) in [5.41, 5.74) is 18.0. The molecule has 0 spiro atoms. The molecule has 2 N–H and O–H groups in total. The minimum absolute atomic E-state index is 0.0866. The van der Waals surface area contributed by atoms with Gasteiger partial charge >= 0.3 is 524 Å². The zero-order valence-electron chi connectivity index (χ0n) is 62.3. The van der Waals surface area contributed by atoms with Gasteiger partial charge in [0.15, 0.2) is 0 Å². The van der Waals surface area contributed by atoms with E-state index in [9.17, 15) is 10.2 Å². The zero-order chi connectivity index (χ0) is 67.7. The van der Waals surface area contributed by atoms with Crippen molar-refractivity contribution in [3.05, 3.63) is 142 Å². The van der Waals surface area contributed by atoms with Gasteiger partial charge in [0.1, 0.15) is 0 Å². The summed E-state index contributed by atoms with van der Waals surface area (Å²) in [5.74, 6) is 3.09. The van der Waals surface area contributed by atoms with E-state index in [1.807, 2.05) is 0 Å². The first-order chi connectivity index (χ1) is 42.2. The molecular formula is C86H128GeO4. The number of phenolic OH excluding ortho intramolecular Hbond substituents is 2. The first kappa shape index (κ1) is 75.1. The fraction of sp³-hybridized carbons (Fsp3) is 0.581. The molecule has 91 heavy (non-hydrogen) atoms. The second-order valence-electron chi connectivity index (χ2n) is 34.9. The fourth-order valence-corrected chi connectivity index (χ4v) is 24.0. The number of aromatic hydroxyl groups is 2. The Hall–Kier alpha value is -4.94. The maximum absolute atomic E-state index is 13.2. The Morgan fingerprint density at radius 1 is 0.330 bits per heavy atom. The maximum atomic E-state index is 13.2. The van der Waals surface area contributed by atoms with Gasteiger partial charge in [0.25, 0.3) is 0 Å². The minimum atomic E-state index is -3.28. The summed E-state index contributed by atoms with van der Waals surface area (Å²) in [5, 5.41) is 28.5. The Kier molecular flexibility index (Phi) is 25.7. The average Bonchev–Trinajstić information content (AvgIpc) is 0.803. The van der Waals surface area contributed by atoms with Crippen LogP contribution in [0, 0.1) is 11.8 Å². The van der Waals surface area contributed by atoms with E-state index < -0.39 is 13.3 Å². The van der Waals surface area contributed by atoms with Crippen LogP contribution in [0.3, 0.4) is 0 Å². The molecule has 0 bridgehead atoms. The van der Waals surface area contributed by atoms with E-state index in [0.29, 0.717) is 34.2 Å². The van der Waals surface area contributed by atoms with Crippen molar-refractivity contribution in [2.24, 2.45) is 11.8 Å². The van der Waals surface area contributed by atoms with Gasteiger partial charge in [0.05, 0.1) is 0 Å². The van der Waals surface area contributed by atoms with E-state index in [4.69, 9.17) is 9.47 Å². The second-order valence-corrected chi connectivity index (χ2v) is 44.1. The van der Waals surface area contributed by atoms with Crippen LogP contribution in [0.4, 0.5) is 0 Å². The van der Waals surface area contributed by atoms with Gasteiger partial charge < -0.3 is 0 Å². The Morgan fingerprint density at radius 3 is 0.901 bits per heavy atom. The van der Waals surface area contributed by atoms with Crippen molar-refractivity contribution >= 4 is 13.3 Å². The summed E-state index contributed by atoms with van der Waals surface area (Å²) in [7, 11) is 0. The molecule has 5 heteroatoms. The summed E-state index contributed by atoms with van der Waals surface area (Å²) >= 11 is -3.28. The van der Waals surface area contributed by atoms with Crippen LogP contribution >= 0.6 is 0 Å². The third-order valence-electron chi connectivity index (χ3n) is 19.0. The summed E-state index contributed by atoms with van der Waals surface area (Å²) in [6, 6.07) is 36.8. The molecule has 6 aromatic rings. The van der Waals surface area contributed by atoms with E-state index >= 15 is 0 Å². The summed E-state index contributed by atoms with van der Waals surface area (Å²) in [4.78, 5) is 0. The number of hydrogen-bond acceptors (Lipinski definition) is 4. The van der Waals surface area contributed by atoms with Crippen molar-refractivity contribution < 1.29 is 19.7 Å². The molecule has 0 aliphatic heterocycles. The molecule has 0 fully saturated rings. The SMILES string of the molecule is CCCCCCCCc1cc(-c2cc(C(C)(C)C)cc(C(C)(C)C)c2)c(O)c(-c2cc(C(C)(C)C)ccc2O[CH2][Ge]([CH2]Oc2ccc(C(C)(C)C)cc2-c2cc(CCCCCCCC)cc(-c3cc(C(C)(C)C)cc(C(C)(C)C)c3)c2O)([CH2]C(C)C)[CH2]C(C)C)c1. The Labute approximate surface area is 560 Å². The number of ether oxygens (including phenoxy) is 2. The molecule has 6 aromatic carbocycles. The van der Waals surface area contributed by atoms with Crippen LogP contribution in [0.2, 0.25) is 10.5 Å². The van der Waals surface area contributed by atoms with E-state index in [-0.39, 0.29) is 32.5 Å². The molecule has 0 amide bonds. The monoisotopic (exact) mass is 1300 g/mol. The molecule has 0 aliphatic carbocycles. The van der Waals surface area contributed by atoms with Gasteiger partial charge in [0, 0.05) is 0 Å². The van der Waals surface area contributed by atoms with E-state index in [1.165, 1.54) is 109 Å². The van der Waals surface area contributed by atoms with Crippen molar-refractivity contribution in [1.82, 2.24) is 0 Å². The van der Waals surface area contributed by atoms with Gasteiger partial charge in [-0.1, -0.05) is 39.5 Å². The van der Waals surface area contributed by atoms with Gasteiger partial charge in [-0.3, -0.25) is 0 Å². The van der Waals surface area contributed by atoms with E-state index in [1.54, 1.807) is 0 Å². The third kappa shape index (κ3) is 21.0. The van der Waals surface area contributed by atoms with Crippen LogP contribution in [0.25, 0.3) is 44.5 Å². The molecule has 4 nitrogen and oxygen atoms in total. The first-order valence-corrected chi connectivity index (χ1v) is 41.8. The van der Waals surface area contributed by atoms with Crippen molar-refractivity contribution in [2.45, 2.75) is 299 Å². The summed E-state index contributed by atoms with van der Waals surface area (Å²) < 4.78 is 15.2. The number of unbranched alkanes of at least 4 members (excludes halogenated alkanes) is 10. The molecule has 0 radical (unpaired) electrons. The standard InChI is InChI=1S/C86H128GeO4/c1-25-27-29-31-33-35-37-61-43-71(63-47-67(83(13,14)15)51-68(48-63)84(16,17)18)79(88)75(45-61)73-53-65(81(7,8)9)39-41-77(73)90-57-87(55-59(3)4,56-60(5)6)58-91-78-42-40-66(82(10,11)12)54-74(78)76-46-62(38-36-34-32-30-28-26-2)44-72(80(76)89)64-49-69(85(19,20)21)52-70(50-64)86(22,23)24/h39-54,59-60,88-89H,25-38,55-58H2,1-24H3. The van der Waals surface area contributed by atoms with Crippen molar-refractivity contribution in [2.75, 3.05) is 10.9 Å². The Balaban J connectivity index is 1.54. The molecular weight excluding hydrogens is 1170 g/mol. The van der Waals surface area contributed by atoms with Crippen LogP contribution in [-0.4, -0.2) is 34.4 Å². The number of phenols is 2. The molecule has 0 unspecified atom stereocenters. The van der Waals surface area contributed by atoms with Crippen LogP contribution < -0.4 is 9.47 Å². The first-order valence-electron chi connectivity index (χ1n) is 35.8. The normalized spacial score (nSPS) is 13.0. The molecule has 0 heterocycles. The topological polar surface area (TPSA) is 58.9 Å². The molecule has 0 saturated heterocycles. The summed E-state index contributed by atoms with van der Waals surface area (Å²) in [6.45, 7) is 55.3. The quantitative estimate of drug-likeness (QED) is 0.0380. The molecule has 0 saturated carbocycles. The van der Waals surface area contributed by atoms with Crippen LogP contribution in [0.15, 0.2) is 97.1 Å². The van der Waals surface area contributed by atoms with Crippen molar-refractivity contribution in [1.29, 1.82) is 0 Å². The fourth-order valence-electron chi connectivity index (χ4n) is 13.3. The van der Waals surface area contributed by atoms with Crippen LogP contribution in [-0.2, 0) is 45.3 Å². The van der Waals surface area contributed by atoms with Gasteiger partial charge in [-0.05, 0) is 0 Å². The van der Waals surface area contributed by atoms with Crippen LogP contribution in [0.5, 0.6) is 23.0 Å². The van der Waals surface area contributed by atoms with Gasteiger partial charge in [0.2, 0.25) is 0 Å². The second kappa shape index (κ2) is 31.1. The Morgan fingerprint density at radius 2 is 0.615 bits per heavy atom. The van der Waals surface area contributed by atoms with Crippen LogP contribution in [0.1, 0.15) is 288 Å². The van der Waals surface area contributed by atoms with E-state index in [2.05, 4.69) is 263 Å². The Bertz CT molecular complexity index is 3040. The third-order valence-corrected chi connectivity index (χ3v) is 29.2. The summed E-state index contributed by atoms with van der Waals surface area (Å²) in [6.07, 6.45) is 16.5. The van der Waals surface area contributed by atoms with E-state index in [0.717, 1.165) is 92.2 Å². The van der Waals surface area contributed by atoms with Gasteiger partial charge in [-0.25, -0.2) is 0 Å². The number of aryl methyl sites for hydroxylation is 2.